The van der Waals surface area contributed by atoms with E-state index in [2.05, 4.69) is 20.3 Å². The number of rotatable bonds is 4. The molecule has 2 aromatic rings. The summed E-state index contributed by atoms with van der Waals surface area (Å²) in [6.45, 7) is 0.0621. The Morgan fingerprint density at radius 1 is 1.13 bits per heavy atom. The highest BCUT2D eigenvalue weighted by atomic mass is 16.5. The van der Waals surface area contributed by atoms with Crippen LogP contribution >= 0.6 is 0 Å². The SMILES string of the molecule is OC[C@H]1CC[C@H](n2cnc3c(NC4CCCCC4)ncnc32)O1. The zero-order valence-electron chi connectivity index (χ0n) is 13.2. The maximum Gasteiger partial charge on any atom is 0.167 e. The summed E-state index contributed by atoms with van der Waals surface area (Å²) in [5.41, 5.74) is 1.59. The first kappa shape index (κ1) is 14.8. The molecule has 0 aromatic carbocycles. The molecule has 1 aliphatic heterocycles. The predicted octanol–water partition coefficient (Wildman–Crippen LogP) is 2.24. The van der Waals surface area contributed by atoms with E-state index in [1.807, 2.05) is 4.57 Å². The number of aliphatic hydroxyl groups is 1. The normalized spacial score (nSPS) is 26.0. The van der Waals surface area contributed by atoms with Gasteiger partial charge in [0.2, 0.25) is 0 Å². The Morgan fingerprint density at radius 2 is 2.00 bits per heavy atom. The molecule has 1 aliphatic carbocycles. The van der Waals surface area contributed by atoms with E-state index in [0.717, 1.165) is 29.8 Å². The number of imidazole rings is 1. The molecule has 7 heteroatoms. The van der Waals surface area contributed by atoms with Gasteiger partial charge in [0.25, 0.3) is 0 Å². The van der Waals surface area contributed by atoms with Gasteiger partial charge in [0.05, 0.1) is 19.0 Å². The second-order valence-corrected chi connectivity index (χ2v) is 6.50. The van der Waals surface area contributed by atoms with Gasteiger partial charge in [-0.15, -0.1) is 0 Å². The number of hydrogen-bond donors (Lipinski definition) is 2. The molecule has 4 rings (SSSR count). The number of nitrogens with one attached hydrogen (secondary N) is 1. The molecular formula is C16H23N5O2. The van der Waals surface area contributed by atoms with E-state index in [1.165, 1.54) is 32.1 Å². The largest absolute Gasteiger partial charge is 0.394 e. The molecule has 0 bridgehead atoms. The van der Waals surface area contributed by atoms with E-state index in [9.17, 15) is 5.11 Å². The van der Waals surface area contributed by atoms with Gasteiger partial charge in [-0.2, -0.15) is 0 Å². The van der Waals surface area contributed by atoms with E-state index in [0.29, 0.717) is 6.04 Å². The Morgan fingerprint density at radius 3 is 2.78 bits per heavy atom. The first-order valence-electron chi connectivity index (χ1n) is 8.55. The fraction of sp³-hybridized carbons (Fsp3) is 0.688. The number of anilines is 1. The zero-order valence-corrected chi connectivity index (χ0v) is 13.2. The highest BCUT2D eigenvalue weighted by Crippen LogP contribution is 2.31. The lowest BCUT2D eigenvalue weighted by atomic mass is 9.95. The lowest BCUT2D eigenvalue weighted by Crippen LogP contribution is -2.23. The third kappa shape index (κ3) is 2.90. The molecule has 1 saturated heterocycles. The van der Waals surface area contributed by atoms with E-state index < -0.39 is 0 Å². The predicted molar refractivity (Wildman–Crippen MR) is 86.0 cm³/mol. The molecule has 7 nitrogen and oxygen atoms in total. The Hall–Kier alpha value is -1.73. The fourth-order valence-electron chi connectivity index (χ4n) is 3.63. The molecule has 2 atom stereocenters. The van der Waals surface area contributed by atoms with Gasteiger partial charge in [-0.3, -0.25) is 4.57 Å². The van der Waals surface area contributed by atoms with Crippen molar-refractivity contribution in [1.29, 1.82) is 0 Å². The monoisotopic (exact) mass is 317 g/mol. The van der Waals surface area contributed by atoms with Gasteiger partial charge < -0.3 is 15.2 Å². The molecular weight excluding hydrogens is 294 g/mol. The lowest BCUT2D eigenvalue weighted by molar-refractivity contribution is -0.0207. The maximum atomic E-state index is 9.24. The Kier molecular flexibility index (Phi) is 4.13. The lowest BCUT2D eigenvalue weighted by Gasteiger charge is -2.23. The van der Waals surface area contributed by atoms with E-state index in [1.54, 1.807) is 12.7 Å². The summed E-state index contributed by atoms with van der Waals surface area (Å²) in [6, 6.07) is 0.480. The molecule has 1 saturated carbocycles. The highest BCUT2D eigenvalue weighted by molar-refractivity contribution is 5.82. The minimum atomic E-state index is -0.102. The average Bonchev–Trinajstić information content (AvgIpc) is 3.22. The average molecular weight is 317 g/mol. The number of nitrogens with zero attached hydrogens (tertiary/aromatic N) is 4. The van der Waals surface area contributed by atoms with E-state index >= 15 is 0 Å². The van der Waals surface area contributed by atoms with Crippen LogP contribution in [0.1, 0.15) is 51.2 Å². The fourth-order valence-corrected chi connectivity index (χ4v) is 3.63. The van der Waals surface area contributed by atoms with Gasteiger partial charge in [0.1, 0.15) is 12.6 Å². The van der Waals surface area contributed by atoms with Crippen molar-refractivity contribution in [2.45, 2.75) is 63.3 Å². The molecule has 23 heavy (non-hydrogen) atoms. The van der Waals surface area contributed by atoms with Gasteiger partial charge in [0.15, 0.2) is 17.0 Å². The number of ether oxygens (including phenoxy) is 1. The molecule has 2 aromatic heterocycles. The Bertz CT molecular complexity index is 668. The number of aliphatic hydroxyl groups excluding tert-OH is 1. The zero-order chi connectivity index (χ0) is 15.6. The summed E-state index contributed by atoms with van der Waals surface area (Å²) < 4.78 is 7.80. The standard InChI is InChI=1S/C16H23N5O2/c22-8-12-6-7-13(23-12)21-10-19-14-15(17-9-18-16(14)21)20-11-4-2-1-3-5-11/h9-13,22H,1-8H2,(H,17,18,20)/t12-,13-/m1/s1. The molecule has 0 spiro atoms. The molecule has 0 unspecified atom stereocenters. The van der Waals surface area contributed by atoms with Gasteiger partial charge in [-0.1, -0.05) is 19.3 Å². The number of fused-ring (bicyclic) bond motifs is 1. The molecule has 2 aliphatic rings. The maximum absolute atomic E-state index is 9.24. The van der Waals surface area contributed by atoms with Crippen LogP contribution in [0, 0.1) is 0 Å². The van der Waals surface area contributed by atoms with Crippen LogP contribution in [0.15, 0.2) is 12.7 Å². The van der Waals surface area contributed by atoms with Crippen molar-refractivity contribution in [1.82, 2.24) is 19.5 Å². The highest BCUT2D eigenvalue weighted by Gasteiger charge is 2.28. The second-order valence-electron chi connectivity index (χ2n) is 6.50. The van der Waals surface area contributed by atoms with Crippen LogP contribution in [-0.2, 0) is 4.74 Å². The van der Waals surface area contributed by atoms with Gasteiger partial charge in [-0.05, 0) is 25.7 Å². The third-order valence-electron chi connectivity index (χ3n) is 4.90. The minimum absolute atomic E-state index is 0.0621. The smallest absolute Gasteiger partial charge is 0.167 e. The first-order valence-corrected chi connectivity index (χ1v) is 8.55. The van der Waals surface area contributed by atoms with Crippen LogP contribution in [0.2, 0.25) is 0 Å². The van der Waals surface area contributed by atoms with Crippen LogP contribution in [0.3, 0.4) is 0 Å². The first-order chi connectivity index (χ1) is 11.3. The number of hydrogen-bond acceptors (Lipinski definition) is 6. The van der Waals surface area contributed by atoms with Crippen molar-refractivity contribution in [3.05, 3.63) is 12.7 Å². The van der Waals surface area contributed by atoms with Crippen molar-refractivity contribution in [2.24, 2.45) is 0 Å². The van der Waals surface area contributed by atoms with Crippen molar-refractivity contribution in [2.75, 3.05) is 11.9 Å². The summed E-state index contributed by atoms with van der Waals surface area (Å²) in [5, 5.41) is 12.8. The number of aromatic nitrogens is 4. The van der Waals surface area contributed by atoms with Crippen molar-refractivity contribution >= 4 is 17.0 Å². The Labute approximate surface area is 135 Å². The second kappa shape index (κ2) is 6.41. The molecule has 2 fully saturated rings. The van der Waals surface area contributed by atoms with E-state index in [-0.39, 0.29) is 18.9 Å². The van der Waals surface area contributed by atoms with Crippen LogP contribution in [0.4, 0.5) is 5.82 Å². The summed E-state index contributed by atoms with van der Waals surface area (Å²) in [6.07, 6.45) is 11.2. The van der Waals surface area contributed by atoms with Gasteiger partial charge >= 0.3 is 0 Å². The molecule has 0 radical (unpaired) electrons. The van der Waals surface area contributed by atoms with E-state index in [4.69, 9.17) is 4.74 Å². The Balaban J connectivity index is 1.59. The molecule has 3 heterocycles. The van der Waals surface area contributed by atoms with Crippen LogP contribution in [-0.4, -0.2) is 43.4 Å². The quantitative estimate of drug-likeness (QED) is 0.899. The summed E-state index contributed by atoms with van der Waals surface area (Å²) >= 11 is 0. The summed E-state index contributed by atoms with van der Waals surface area (Å²) in [5.74, 6) is 0.817. The van der Waals surface area contributed by atoms with Gasteiger partial charge in [-0.25, -0.2) is 15.0 Å². The van der Waals surface area contributed by atoms with Gasteiger partial charge in [0, 0.05) is 6.04 Å². The molecule has 2 N–H and O–H groups in total. The third-order valence-corrected chi connectivity index (χ3v) is 4.90. The summed E-state index contributed by atoms with van der Waals surface area (Å²) in [4.78, 5) is 13.3. The van der Waals surface area contributed by atoms with Crippen molar-refractivity contribution < 1.29 is 9.84 Å². The molecule has 124 valence electrons. The van der Waals surface area contributed by atoms with Crippen LogP contribution in [0.25, 0.3) is 11.2 Å². The van der Waals surface area contributed by atoms with Crippen LogP contribution < -0.4 is 5.32 Å². The van der Waals surface area contributed by atoms with Crippen molar-refractivity contribution in [3.63, 3.8) is 0 Å². The molecule has 0 amide bonds. The van der Waals surface area contributed by atoms with Crippen LogP contribution in [0.5, 0.6) is 0 Å². The van der Waals surface area contributed by atoms with Crippen molar-refractivity contribution in [3.8, 4) is 0 Å². The minimum Gasteiger partial charge on any atom is -0.394 e. The summed E-state index contributed by atoms with van der Waals surface area (Å²) in [7, 11) is 0. The topological polar surface area (TPSA) is 85.1 Å².